The highest BCUT2D eigenvalue weighted by Crippen LogP contribution is 2.30. The Labute approximate surface area is 183 Å². The first-order valence-electron chi connectivity index (χ1n) is 11.5. The third-order valence-electron chi connectivity index (χ3n) is 6.44. The summed E-state index contributed by atoms with van der Waals surface area (Å²) < 4.78 is 38.3. The predicted molar refractivity (Wildman–Crippen MR) is 116 cm³/mol. The summed E-state index contributed by atoms with van der Waals surface area (Å²) in [6.07, 6.45) is -0.291. The SMILES string of the molecule is CCCN1CCC(N2C[C@H](NCc3ccc(C(F)(F)F)cc3)C[C@H]2C(=O)NCC)CC1. The van der Waals surface area contributed by atoms with Crippen LogP contribution in [0.25, 0.3) is 0 Å². The quantitative estimate of drug-likeness (QED) is 0.652. The van der Waals surface area contributed by atoms with E-state index in [2.05, 4.69) is 27.4 Å². The van der Waals surface area contributed by atoms with E-state index in [1.165, 1.54) is 12.1 Å². The van der Waals surface area contributed by atoms with Crippen molar-refractivity contribution >= 4 is 5.91 Å². The summed E-state index contributed by atoms with van der Waals surface area (Å²) in [6, 6.07) is 5.69. The number of likely N-dealkylation sites (tertiary alicyclic amines) is 2. The fraction of sp³-hybridized carbons (Fsp3) is 0.696. The van der Waals surface area contributed by atoms with Gasteiger partial charge in [0.25, 0.3) is 0 Å². The summed E-state index contributed by atoms with van der Waals surface area (Å²) in [5.41, 5.74) is 0.183. The van der Waals surface area contributed by atoms with Gasteiger partial charge in [-0.25, -0.2) is 0 Å². The third-order valence-corrected chi connectivity index (χ3v) is 6.44. The fourth-order valence-corrected chi connectivity index (χ4v) is 4.83. The molecule has 2 aliphatic heterocycles. The van der Waals surface area contributed by atoms with Crippen LogP contribution in [0.4, 0.5) is 13.2 Å². The topological polar surface area (TPSA) is 47.6 Å². The van der Waals surface area contributed by atoms with Crippen LogP contribution in [0, 0.1) is 0 Å². The van der Waals surface area contributed by atoms with Crippen LogP contribution in [0.3, 0.4) is 0 Å². The van der Waals surface area contributed by atoms with Crippen molar-refractivity contribution in [3.8, 4) is 0 Å². The van der Waals surface area contributed by atoms with Crippen LogP contribution in [0.15, 0.2) is 24.3 Å². The molecule has 0 saturated carbocycles. The lowest BCUT2D eigenvalue weighted by atomic mass is 10.0. The minimum absolute atomic E-state index is 0.0808. The van der Waals surface area contributed by atoms with Crippen LogP contribution in [0.5, 0.6) is 0 Å². The largest absolute Gasteiger partial charge is 0.416 e. The molecule has 0 aromatic heterocycles. The molecule has 0 bridgehead atoms. The van der Waals surface area contributed by atoms with Crippen LogP contribution >= 0.6 is 0 Å². The summed E-state index contributed by atoms with van der Waals surface area (Å²) in [6.45, 7) is 9.30. The second-order valence-corrected chi connectivity index (χ2v) is 8.69. The van der Waals surface area contributed by atoms with E-state index in [-0.39, 0.29) is 18.0 Å². The van der Waals surface area contributed by atoms with Gasteiger partial charge in [-0.3, -0.25) is 9.69 Å². The monoisotopic (exact) mass is 440 g/mol. The molecule has 5 nitrogen and oxygen atoms in total. The number of likely N-dealkylation sites (N-methyl/N-ethyl adjacent to an activating group) is 1. The lowest BCUT2D eigenvalue weighted by molar-refractivity contribution is -0.137. The number of nitrogens with one attached hydrogen (secondary N) is 2. The Bertz CT molecular complexity index is 702. The van der Waals surface area contributed by atoms with Gasteiger partial charge in [0.1, 0.15) is 0 Å². The van der Waals surface area contributed by atoms with E-state index in [1.54, 1.807) is 0 Å². The number of piperidine rings is 1. The maximum Gasteiger partial charge on any atom is 0.416 e. The van der Waals surface area contributed by atoms with Crippen LogP contribution in [-0.4, -0.2) is 66.6 Å². The first-order valence-corrected chi connectivity index (χ1v) is 11.5. The van der Waals surface area contributed by atoms with Crippen molar-refractivity contribution in [1.29, 1.82) is 0 Å². The molecule has 2 aliphatic rings. The number of benzene rings is 1. The summed E-state index contributed by atoms with van der Waals surface area (Å²) in [4.78, 5) is 17.6. The molecule has 0 radical (unpaired) electrons. The van der Waals surface area contributed by atoms with Gasteiger partial charge in [0, 0.05) is 31.7 Å². The van der Waals surface area contributed by atoms with Gasteiger partial charge in [-0.05, 0) is 69.9 Å². The molecule has 2 heterocycles. The molecule has 2 atom stereocenters. The van der Waals surface area contributed by atoms with Gasteiger partial charge in [-0.1, -0.05) is 19.1 Å². The van der Waals surface area contributed by atoms with Gasteiger partial charge in [0.05, 0.1) is 11.6 Å². The zero-order valence-electron chi connectivity index (χ0n) is 18.5. The third kappa shape index (κ3) is 6.43. The molecule has 0 aliphatic carbocycles. The highest BCUT2D eigenvalue weighted by Gasteiger charge is 2.40. The molecule has 0 spiro atoms. The number of halogens is 3. The summed E-state index contributed by atoms with van der Waals surface area (Å²) in [7, 11) is 0. The molecule has 174 valence electrons. The molecule has 2 N–H and O–H groups in total. The molecule has 2 fully saturated rings. The van der Waals surface area contributed by atoms with Crippen molar-refractivity contribution in [1.82, 2.24) is 20.4 Å². The maximum absolute atomic E-state index is 12.8. The standard InChI is InChI=1S/C23H35F3N4O/c1-3-11-29-12-9-20(10-13-29)30-16-19(14-21(30)22(31)27-4-2)28-15-17-5-7-18(8-6-17)23(24,25)26/h5-8,19-21,28H,3-4,9-16H2,1-2H3,(H,27,31)/t19-,21+/m1/s1. The summed E-state index contributed by atoms with van der Waals surface area (Å²) >= 11 is 0. The highest BCUT2D eigenvalue weighted by atomic mass is 19.4. The van der Waals surface area contributed by atoms with Crippen molar-refractivity contribution in [3.05, 3.63) is 35.4 Å². The van der Waals surface area contributed by atoms with Gasteiger partial charge in [-0.15, -0.1) is 0 Å². The van der Waals surface area contributed by atoms with E-state index in [9.17, 15) is 18.0 Å². The number of amides is 1. The van der Waals surface area contributed by atoms with Crippen LogP contribution in [-0.2, 0) is 17.5 Å². The first kappa shape index (κ1) is 24.0. The number of hydrogen-bond donors (Lipinski definition) is 2. The highest BCUT2D eigenvalue weighted by molar-refractivity contribution is 5.82. The molecule has 1 amide bonds. The van der Waals surface area contributed by atoms with E-state index >= 15 is 0 Å². The van der Waals surface area contributed by atoms with Crippen LogP contribution in [0.1, 0.15) is 50.7 Å². The zero-order valence-corrected chi connectivity index (χ0v) is 18.5. The number of carbonyl (C=O) groups is 1. The van der Waals surface area contributed by atoms with Gasteiger partial charge in [-0.2, -0.15) is 13.2 Å². The van der Waals surface area contributed by atoms with Gasteiger partial charge < -0.3 is 15.5 Å². The van der Waals surface area contributed by atoms with Crippen LogP contribution in [0.2, 0.25) is 0 Å². The average molecular weight is 441 g/mol. The molecule has 8 heteroatoms. The Balaban J connectivity index is 1.59. The van der Waals surface area contributed by atoms with Gasteiger partial charge in [0.2, 0.25) is 5.91 Å². The Morgan fingerprint density at radius 1 is 1.13 bits per heavy atom. The normalized spacial score (nSPS) is 23.9. The predicted octanol–water partition coefficient (Wildman–Crippen LogP) is 3.25. The Hall–Kier alpha value is -1.64. The zero-order chi connectivity index (χ0) is 22.4. The van der Waals surface area contributed by atoms with E-state index < -0.39 is 11.7 Å². The van der Waals surface area contributed by atoms with Crippen molar-refractivity contribution in [2.45, 2.75) is 70.4 Å². The summed E-state index contributed by atoms with van der Waals surface area (Å²) in [5.74, 6) is 0.0808. The smallest absolute Gasteiger partial charge is 0.355 e. The lowest BCUT2D eigenvalue weighted by Gasteiger charge is -2.38. The second-order valence-electron chi connectivity index (χ2n) is 8.69. The van der Waals surface area contributed by atoms with Gasteiger partial charge >= 0.3 is 6.18 Å². The first-order chi connectivity index (χ1) is 14.8. The minimum atomic E-state index is -4.32. The maximum atomic E-state index is 12.8. The van der Waals surface area contributed by atoms with Crippen molar-refractivity contribution in [2.24, 2.45) is 0 Å². The minimum Gasteiger partial charge on any atom is -0.355 e. The fourth-order valence-electron chi connectivity index (χ4n) is 4.83. The van der Waals surface area contributed by atoms with E-state index in [4.69, 9.17) is 0 Å². The molecular formula is C23H35F3N4O. The summed E-state index contributed by atoms with van der Waals surface area (Å²) in [5, 5.41) is 6.44. The number of nitrogens with zero attached hydrogens (tertiary/aromatic N) is 2. The number of hydrogen-bond acceptors (Lipinski definition) is 4. The van der Waals surface area contributed by atoms with Crippen LogP contribution < -0.4 is 10.6 Å². The Morgan fingerprint density at radius 2 is 1.81 bits per heavy atom. The van der Waals surface area contributed by atoms with E-state index in [0.29, 0.717) is 19.1 Å². The molecule has 0 unspecified atom stereocenters. The number of alkyl halides is 3. The Kier molecular flexibility index (Phi) is 8.36. The van der Waals surface area contributed by atoms with Crippen molar-refractivity contribution in [2.75, 3.05) is 32.7 Å². The number of rotatable bonds is 8. The van der Waals surface area contributed by atoms with E-state index in [0.717, 1.165) is 69.6 Å². The molecule has 3 rings (SSSR count). The molecule has 31 heavy (non-hydrogen) atoms. The Morgan fingerprint density at radius 3 is 2.39 bits per heavy atom. The van der Waals surface area contributed by atoms with E-state index in [1.807, 2.05) is 6.92 Å². The molecule has 2 saturated heterocycles. The molecule has 1 aromatic carbocycles. The second kappa shape index (κ2) is 10.8. The van der Waals surface area contributed by atoms with Crippen molar-refractivity contribution in [3.63, 3.8) is 0 Å². The van der Waals surface area contributed by atoms with Crippen molar-refractivity contribution < 1.29 is 18.0 Å². The number of carbonyl (C=O) groups excluding carboxylic acids is 1. The molecule has 1 aromatic rings. The van der Waals surface area contributed by atoms with Gasteiger partial charge in [0.15, 0.2) is 0 Å². The average Bonchev–Trinajstić information content (AvgIpc) is 3.17. The molecular weight excluding hydrogens is 405 g/mol. The lowest BCUT2D eigenvalue weighted by Crippen LogP contribution is -2.51.